The Labute approximate surface area is 115 Å². The van der Waals surface area contributed by atoms with Crippen LogP contribution in [0.1, 0.15) is 12.0 Å². The van der Waals surface area contributed by atoms with Gasteiger partial charge in [-0.15, -0.1) is 11.6 Å². The molecular weight excluding hydrogens is 272 g/mol. The fourth-order valence-electron chi connectivity index (χ4n) is 1.55. The topological polar surface area (TPSA) is 76.7 Å². The number of rotatable bonds is 4. The van der Waals surface area contributed by atoms with Crippen LogP contribution in [0.5, 0.6) is 11.5 Å². The Hall–Kier alpha value is -1.95. The molecule has 1 aliphatic heterocycles. The van der Waals surface area contributed by atoms with E-state index >= 15 is 0 Å². The van der Waals surface area contributed by atoms with Crippen molar-refractivity contribution in [1.29, 1.82) is 0 Å². The molecule has 3 amide bonds. The first-order valence-corrected chi connectivity index (χ1v) is 6.24. The average molecular weight is 285 g/mol. The third-order valence-electron chi connectivity index (χ3n) is 2.46. The maximum atomic E-state index is 11.4. The number of hydrogen-bond acceptors (Lipinski definition) is 4. The Balaban J connectivity index is 1.82. The molecule has 0 aliphatic carbocycles. The number of benzene rings is 1. The van der Waals surface area contributed by atoms with Gasteiger partial charge in [0.05, 0.1) is 0 Å². The summed E-state index contributed by atoms with van der Waals surface area (Å²) in [6, 6.07) is 4.82. The summed E-state index contributed by atoms with van der Waals surface area (Å²) < 4.78 is 10.4. The van der Waals surface area contributed by atoms with E-state index in [2.05, 4.69) is 10.6 Å². The molecule has 0 saturated carbocycles. The minimum Gasteiger partial charge on any atom is -0.454 e. The molecule has 6 nitrogen and oxygen atoms in total. The number of carbonyl (C=O) groups is 2. The molecule has 19 heavy (non-hydrogen) atoms. The third kappa shape index (κ3) is 3.75. The largest absolute Gasteiger partial charge is 0.454 e. The first kappa shape index (κ1) is 13.5. The van der Waals surface area contributed by atoms with E-state index in [1.165, 1.54) is 0 Å². The zero-order valence-corrected chi connectivity index (χ0v) is 10.8. The Morgan fingerprint density at radius 3 is 2.84 bits per heavy atom. The van der Waals surface area contributed by atoms with E-state index in [0.29, 0.717) is 11.5 Å². The maximum absolute atomic E-state index is 11.4. The lowest BCUT2D eigenvalue weighted by atomic mass is 10.2. The number of ether oxygens (including phenoxy) is 2. The highest BCUT2D eigenvalue weighted by atomic mass is 35.5. The summed E-state index contributed by atoms with van der Waals surface area (Å²) in [5.41, 5.74) is 0.851. The summed E-state index contributed by atoms with van der Waals surface area (Å²) in [7, 11) is 0. The number of urea groups is 1. The number of carbonyl (C=O) groups excluding carboxylic acids is 2. The Morgan fingerprint density at radius 1 is 1.26 bits per heavy atom. The number of nitrogens with one attached hydrogen (secondary N) is 2. The second-order valence-electron chi connectivity index (χ2n) is 3.86. The number of amides is 3. The van der Waals surface area contributed by atoms with Crippen LogP contribution in [-0.4, -0.2) is 24.6 Å². The van der Waals surface area contributed by atoms with Crippen LogP contribution in [0.15, 0.2) is 18.2 Å². The summed E-state index contributed by atoms with van der Waals surface area (Å²) in [5.74, 6) is 1.11. The first-order valence-electron chi connectivity index (χ1n) is 5.71. The fourth-order valence-corrected chi connectivity index (χ4v) is 1.72. The minimum atomic E-state index is -0.548. The number of alkyl halides is 1. The van der Waals surface area contributed by atoms with Gasteiger partial charge in [-0.2, -0.15) is 0 Å². The highest BCUT2D eigenvalue weighted by Crippen LogP contribution is 2.32. The Bertz CT molecular complexity index is 493. The molecule has 0 aromatic heterocycles. The standard InChI is InChI=1S/C12H13ClN2O4/c13-4-3-11(16)15-12(17)14-6-8-1-2-9-10(5-8)19-7-18-9/h1-2,5H,3-4,6-7H2,(H2,14,15,16,17). The summed E-state index contributed by atoms with van der Waals surface area (Å²) >= 11 is 5.39. The molecule has 0 atom stereocenters. The fraction of sp³-hybridized carbons (Fsp3) is 0.333. The van der Waals surface area contributed by atoms with Crippen molar-refractivity contribution in [2.75, 3.05) is 12.7 Å². The van der Waals surface area contributed by atoms with Gasteiger partial charge in [0.2, 0.25) is 12.7 Å². The van der Waals surface area contributed by atoms with E-state index < -0.39 is 11.9 Å². The van der Waals surface area contributed by atoms with E-state index in [9.17, 15) is 9.59 Å². The predicted octanol–water partition coefficient (Wildman–Crippen LogP) is 1.37. The molecule has 0 saturated heterocycles. The number of fused-ring (bicyclic) bond motifs is 1. The average Bonchev–Trinajstić information content (AvgIpc) is 2.83. The normalized spacial score (nSPS) is 12.1. The van der Waals surface area contributed by atoms with Gasteiger partial charge in [-0.25, -0.2) is 4.79 Å². The zero-order chi connectivity index (χ0) is 13.7. The van der Waals surface area contributed by atoms with Crippen molar-refractivity contribution in [2.24, 2.45) is 0 Å². The van der Waals surface area contributed by atoms with Crippen LogP contribution < -0.4 is 20.1 Å². The lowest BCUT2D eigenvalue weighted by Crippen LogP contribution is -2.39. The Kier molecular flexibility index (Phi) is 4.46. The molecule has 2 N–H and O–H groups in total. The SMILES string of the molecule is O=C(CCCl)NC(=O)NCc1ccc2c(c1)OCO2. The van der Waals surface area contributed by atoms with Gasteiger partial charge in [0.25, 0.3) is 0 Å². The van der Waals surface area contributed by atoms with Crippen molar-refractivity contribution in [3.8, 4) is 11.5 Å². The molecule has 0 spiro atoms. The summed E-state index contributed by atoms with van der Waals surface area (Å²) in [6.07, 6.45) is 0.110. The van der Waals surface area contributed by atoms with Crippen molar-refractivity contribution < 1.29 is 19.1 Å². The van der Waals surface area contributed by atoms with Crippen LogP contribution in [-0.2, 0) is 11.3 Å². The quantitative estimate of drug-likeness (QED) is 0.819. The van der Waals surface area contributed by atoms with E-state index in [0.717, 1.165) is 5.56 Å². The van der Waals surface area contributed by atoms with E-state index in [1.54, 1.807) is 12.1 Å². The summed E-state index contributed by atoms with van der Waals surface area (Å²) in [4.78, 5) is 22.5. The van der Waals surface area contributed by atoms with Crippen LogP contribution >= 0.6 is 11.6 Å². The third-order valence-corrected chi connectivity index (χ3v) is 2.65. The monoisotopic (exact) mass is 284 g/mol. The van der Waals surface area contributed by atoms with Crippen molar-refractivity contribution >= 4 is 23.5 Å². The van der Waals surface area contributed by atoms with Crippen LogP contribution in [0.4, 0.5) is 4.79 Å². The molecule has 1 aliphatic rings. The molecule has 1 heterocycles. The van der Waals surface area contributed by atoms with Crippen molar-refractivity contribution in [1.82, 2.24) is 10.6 Å². The first-order chi connectivity index (χ1) is 9.19. The van der Waals surface area contributed by atoms with Gasteiger partial charge in [-0.1, -0.05) is 6.07 Å². The molecular formula is C12H13ClN2O4. The second-order valence-corrected chi connectivity index (χ2v) is 4.24. The number of imide groups is 1. The highest BCUT2D eigenvalue weighted by molar-refractivity contribution is 6.19. The molecule has 2 rings (SSSR count). The van der Waals surface area contributed by atoms with Gasteiger partial charge in [0, 0.05) is 18.8 Å². The molecule has 7 heteroatoms. The van der Waals surface area contributed by atoms with Crippen LogP contribution in [0.25, 0.3) is 0 Å². The van der Waals surface area contributed by atoms with E-state index in [1.807, 2.05) is 6.07 Å². The maximum Gasteiger partial charge on any atom is 0.321 e. The van der Waals surface area contributed by atoms with Crippen molar-refractivity contribution in [3.63, 3.8) is 0 Å². The molecule has 0 fully saturated rings. The zero-order valence-electron chi connectivity index (χ0n) is 10.1. The summed E-state index contributed by atoms with van der Waals surface area (Å²) in [6.45, 7) is 0.496. The molecule has 1 aromatic carbocycles. The smallest absolute Gasteiger partial charge is 0.321 e. The van der Waals surface area contributed by atoms with Crippen LogP contribution in [0.3, 0.4) is 0 Å². The van der Waals surface area contributed by atoms with Gasteiger partial charge < -0.3 is 14.8 Å². The second kappa shape index (κ2) is 6.29. The molecule has 0 bridgehead atoms. The van der Waals surface area contributed by atoms with E-state index in [4.69, 9.17) is 21.1 Å². The van der Waals surface area contributed by atoms with E-state index in [-0.39, 0.29) is 25.6 Å². The van der Waals surface area contributed by atoms with Gasteiger partial charge in [-0.3, -0.25) is 10.1 Å². The predicted molar refractivity (Wildman–Crippen MR) is 68.3 cm³/mol. The molecule has 102 valence electrons. The highest BCUT2D eigenvalue weighted by Gasteiger charge is 2.13. The van der Waals surface area contributed by atoms with Crippen LogP contribution in [0.2, 0.25) is 0 Å². The molecule has 0 radical (unpaired) electrons. The van der Waals surface area contributed by atoms with Gasteiger partial charge >= 0.3 is 6.03 Å². The van der Waals surface area contributed by atoms with Crippen LogP contribution in [0, 0.1) is 0 Å². The van der Waals surface area contributed by atoms with Gasteiger partial charge in [0.15, 0.2) is 11.5 Å². The number of hydrogen-bond donors (Lipinski definition) is 2. The number of halogens is 1. The van der Waals surface area contributed by atoms with Gasteiger partial charge in [-0.05, 0) is 17.7 Å². The molecule has 0 unspecified atom stereocenters. The minimum absolute atomic E-state index is 0.110. The van der Waals surface area contributed by atoms with Crippen molar-refractivity contribution in [2.45, 2.75) is 13.0 Å². The summed E-state index contributed by atoms with van der Waals surface area (Å²) in [5, 5.41) is 4.74. The lowest BCUT2D eigenvalue weighted by Gasteiger charge is -2.06. The van der Waals surface area contributed by atoms with Crippen molar-refractivity contribution in [3.05, 3.63) is 23.8 Å². The molecule has 1 aromatic rings. The Morgan fingerprint density at radius 2 is 2.05 bits per heavy atom. The lowest BCUT2D eigenvalue weighted by molar-refractivity contribution is -0.119. The van der Waals surface area contributed by atoms with Gasteiger partial charge in [0.1, 0.15) is 0 Å².